The first-order valence-corrected chi connectivity index (χ1v) is 13.4. The van der Waals surface area contributed by atoms with Gasteiger partial charge in [-0.2, -0.15) is 0 Å². The SMILES string of the molecule is CCOc1ccc(N(CCCC(=O)N(Cc2ccc(F)cc2)[C@H](CC)C(=O)NC)S(C)(=O)=O)cc1. The fourth-order valence-corrected chi connectivity index (χ4v) is 4.72. The number of carbonyl (C=O) groups is 2. The summed E-state index contributed by atoms with van der Waals surface area (Å²) in [6.07, 6.45) is 1.81. The second-order valence-electron chi connectivity index (χ2n) is 8.05. The van der Waals surface area contributed by atoms with E-state index in [-0.39, 0.29) is 43.6 Å². The molecule has 2 rings (SSSR count). The van der Waals surface area contributed by atoms with E-state index in [9.17, 15) is 22.4 Å². The van der Waals surface area contributed by atoms with Gasteiger partial charge in [0.2, 0.25) is 21.8 Å². The van der Waals surface area contributed by atoms with Crippen LogP contribution in [0.2, 0.25) is 0 Å². The minimum Gasteiger partial charge on any atom is -0.494 e. The van der Waals surface area contributed by atoms with Crippen molar-refractivity contribution < 1.29 is 27.1 Å². The smallest absolute Gasteiger partial charge is 0.242 e. The van der Waals surface area contributed by atoms with E-state index in [0.29, 0.717) is 30.0 Å². The highest BCUT2D eigenvalue weighted by atomic mass is 32.2. The third kappa shape index (κ3) is 8.24. The normalized spacial score (nSPS) is 12.0. The average Bonchev–Trinajstić information content (AvgIpc) is 2.82. The van der Waals surface area contributed by atoms with Crippen molar-refractivity contribution in [2.45, 2.75) is 45.7 Å². The van der Waals surface area contributed by atoms with Crippen molar-refractivity contribution in [3.63, 3.8) is 0 Å². The highest BCUT2D eigenvalue weighted by molar-refractivity contribution is 7.92. The summed E-state index contributed by atoms with van der Waals surface area (Å²) in [4.78, 5) is 27.1. The van der Waals surface area contributed by atoms with Gasteiger partial charge in [-0.25, -0.2) is 12.8 Å². The number of hydrogen-bond donors (Lipinski definition) is 1. The summed E-state index contributed by atoms with van der Waals surface area (Å²) in [5.41, 5.74) is 1.16. The third-order valence-corrected chi connectivity index (χ3v) is 6.68. The van der Waals surface area contributed by atoms with Gasteiger partial charge in [0.15, 0.2) is 0 Å². The van der Waals surface area contributed by atoms with Crippen LogP contribution in [0.3, 0.4) is 0 Å². The van der Waals surface area contributed by atoms with Gasteiger partial charge in [0.25, 0.3) is 0 Å². The number of benzene rings is 2. The van der Waals surface area contributed by atoms with Gasteiger partial charge in [-0.15, -0.1) is 0 Å². The molecule has 0 fully saturated rings. The van der Waals surface area contributed by atoms with Gasteiger partial charge in [0.05, 0.1) is 18.6 Å². The van der Waals surface area contributed by atoms with Gasteiger partial charge < -0.3 is 15.0 Å². The zero-order valence-electron chi connectivity index (χ0n) is 20.7. The summed E-state index contributed by atoms with van der Waals surface area (Å²) in [6.45, 7) is 4.41. The van der Waals surface area contributed by atoms with Crippen LogP contribution in [0.4, 0.5) is 10.1 Å². The van der Waals surface area contributed by atoms with E-state index < -0.39 is 16.1 Å². The van der Waals surface area contributed by atoms with Crippen molar-refractivity contribution in [3.05, 3.63) is 59.9 Å². The highest BCUT2D eigenvalue weighted by Crippen LogP contribution is 2.23. The Kier molecular flexibility index (Phi) is 10.5. The van der Waals surface area contributed by atoms with Gasteiger partial charge in [0, 0.05) is 26.6 Å². The lowest BCUT2D eigenvalue weighted by Crippen LogP contribution is -2.48. The van der Waals surface area contributed by atoms with Gasteiger partial charge in [-0.3, -0.25) is 13.9 Å². The number of nitrogens with zero attached hydrogens (tertiary/aromatic N) is 2. The molecule has 2 amide bonds. The maximum atomic E-state index is 13.3. The fraction of sp³-hybridized carbons (Fsp3) is 0.440. The molecule has 0 radical (unpaired) electrons. The Morgan fingerprint density at radius 3 is 2.20 bits per heavy atom. The highest BCUT2D eigenvalue weighted by Gasteiger charge is 2.28. The van der Waals surface area contributed by atoms with Crippen molar-refractivity contribution >= 4 is 27.5 Å². The summed E-state index contributed by atoms with van der Waals surface area (Å²) in [7, 11) is -2.08. The summed E-state index contributed by atoms with van der Waals surface area (Å²) in [5.74, 6) is -0.337. The summed E-state index contributed by atoms with van der Waals surface area (Å²) < 4.78 is 44.8. The maximum Gasteiger partial charge on any atom is 0.242 e. The lowest BCUT2D eigenvalue weighted by atomic mass is 10.1. The Bertz CT molecular complexity index is 1080. The van der Waals surface area contributed by atoms with Crippen LogP contribution >= 0.6 is 0 Å². The van der Waals surface area contributed by atoms with Crippen LogP contribution in [0, 0.1) is 5.82 Å². The standard InChI is InChI=1S/C25H34FN3O5S/c1-5-23(25(31)27-3)28(18-19-9-11-20(26)12-10-19)24(30)8-7-17-29(35(4,32)33)21-13-15-22(16-14-21)34-6-2/h9-16,23H,5-8,17-18H2,1-4H3,(H,27,31)/t23-/m1/s1. The predicted molar refractivity (Wildman–Crippen MR) is 134 cm³/mol. The first-order valence-electron chi connectivity index (χ1n) is 11.6. The molecule has 0 aliphatic carbocycles. The van der Waals surface area contributed by atoms with E-state index in [0.717, 1.165) is 6.26 Å². The Morgan fingerprint density at radius 1 is 1.06 bits per heavy atom. The van der Waals surface area contributed by atoms with E-state index in [2.05, 4.69) is 5.32 Å². The molecule has 0 aliphatic heterocycles. The first-order chi connectivity index (χ1) is 16.6. The molecule has 0 unspecified atom stereocenters. The molecule has 192 valence electrons. The number of rotatable bonds is 13. The van der Waals surface area contributed by atoms with Crippen LogP contribution in [0.5, 0.6) is 5.75 Å². The Morgan fingerprint density at radius 2 is 1.69 bits per heavy atom. The number of ether oxygens (including phenoxy) is 1. The minimum atomic E-state index is -3.58. The first kappa shape index (κ1) is 28.1. The lowest BCUT2D eigenvalue weighted by molar-refractivity contribution is -0.141. The maximum absolute atomic E-state index is 13.3. The molecular weight excluding hydrogens is 473 g/mol. The Labute approximate surface area is 207 Å². The molecule has 8 nitrogen and oxygen atoms in total. The van der Waals surface area contributed by atoms with Gasteiger partial charge in [-0.05, 0) is 61.7 Å². The van der Waals surface area contributed by atoms with Crippen LogP contribution in [-0.2, 0) is 26.2 Å². The van der Waals surface area contributed by atoms with Crippen molar-refractivity contribution in [1.82, 2.24) is 10.2 Å². The monoisotopic (exact) mass is 507 g/mol. The predicted octanol–water partition coefficient (Wildman–Crippen LogP) is 3.32. The van der Waals surface area contributed by atoms with Gasteiger partial charge in [-0.1, -0.05) is 19.1 Å². The van der Waals surface area contributed by atoms with Gasteiger partial charge >= 0.3 is 0 Å². The Hall–Kier alpha value is -3.14. The molecule has 1 atom stereocenters. The van der Waals surface area contributed by atoms with Crippen molar-refractivity contribution in [1.29, 1.82) is 0 Å². The number of anilines is 1. The van der Waals surface area contributed by atoms with Gasteiger partial charge in [0.1, 0.15) is 17.6 Å². The zero-order valence-corrected chi connectivity index (χ0v) is 21.5. The molecule has 0 spiro atoms. The average molecular weight is 508 g/mol. The molecule has 0 saturated heterocycles. The lowest BCUT2D eigenvalue weighted by Gasteiger charge is -2.30. The number of nitrogens with one attached hydrogen (secondary N) is 1. The summed E-state index contributed by atoms with van der Waals surface area (Å²) in [6, 6.07) is 11.8. The van der Waals surface area contributed by atoms with Crippen molar-refractivity contribution in [3.8, 4) is 5.75 Å². The molecule has 35 heavy (non-hydrogen) atoms. The van der Waals surface area contributed by atoms with Crippen LogP contribution in [0.1, 0.15) is 38.7 Å². The molecule has 0 saturated carbocycles. The number of carbonyl (C=O) groups excluding carboxylic acids is 2. The number of sulfonamides is 1. The molecule has 0 aromatic heterocycles. The molecule has 1 N–H and O–H groups in total. The molecule has 10 heteroatoms. The van der Waals surface area contributed by atoms with Crippen LogP contribution < -0.4 is 14.4 Å². The Balaban J connectivity index is 2.16. The van der Waals surface area contributed by atoms with Crippen LogP contribution in [0.15, 0.2) is 48.5 Å². The number of hydrogen-bond acceptors (Lipinski definition) is 5. The molecule has 0 aliphatic rings. The second kappa shape index (κ2) is 13.1. The number of likely N-dealkylation sites (N-methyl/N-ethyl adjacent to an activating group) is 1. The molecule has 2 aromatic rings. The summed E-state index contributed by atoms with van der Waals surface area (Å²) >= 11 is 0. The van der Waals surface area contributed by atoms with E-state index in [1.807, 2.05) is 13.8 Å². The minimum absolute atomic E-state index is 0.0394. The van der Waals surface area contributed by atoms with Crippen molar-refractivity contribution in [2.24, 2.45) is 0 Å². The van der Waals surface area contributed by atoms with Crippen molar-refractivity contribution in [2.75, 3.05) is 30.8 Å². The number of amides is 2. The molecule has 0 heterocycles. The summed E-state index contributed by atoms with van der Waals surface area (Å²) in [5, 5.41) is 2.58. The quantitative estimate of drug-likeness (QED) is 0.449. The van der Waals surface area contributed by atoms with E-state index >= 15 is 0 Å². The molecular formula is C25H34FN3O5S. The largest absolute Gasteiger partial charge is 0.494 e. The van der Waals surface area contributed by atoms with E-state index in [1.54, 1.807) is 36.4 Å². The zero-order chi connectivity index (χ0) is 26.0. The molecule has 0 bridgehead atoms. The molecule has 2 aromatic carbocycles. The van der Waals surface area contributed by atoms with E-state index in [1.165, 1.54) is 28.4 Å². The fourth-order valence-electron chi connectivity index (χ4n) is 3.75. The van der Waals surface area contributed by atoms with Crippen LogP contribution in [0.25, 0.3) is 0 Å². The number of halogens is 1. The van der Waals surface area contributed by atoms with Crippen LogP contribution in [-0.4, -0.2) is 57.6 Å². The second-order valence-corrected chi connectivity index (χ2v) is 9.96. The third-order valence-electron chi connectivity index (χ3n) is 5.49. The topological polar surface area (TPSA) is 96.0 Å². The van der Waals surface area contributed by atoms with E-state index in [4.69, 9.17) is 4.74 Å².